The first kappa shape index (κ1) is 8.26. The van der Waals surface area contributed by atoms with Gasteiger partial charge in [-0.3, -0.25) is 4.79 Å². The third-order valence-electron chi connectivity index (χ3n) is 2.12. The maximum Gasteiger partial charge on any atom is 0.252 e. The summed E-state index contributed by atoms with van der Waals surface area (Å²) >= 11 is 0. The lowest BCUT2D eigenvalue weighted by Crippen LogP contribution is -2.23. The molecule has 1 saturated heterocycles. The molecule has 3 nitrogen and oxygen atoms in total. The summed E-state index contributed by atoms with van der Waals surface area (Å²) in [6.07, 6.45) is -0.325. The molecule has 2 rings (SSSR count). The third-order valence-corrected chi connectivity index (χ3v) is 2.12. The lowest BCUT2D eigenvalue weighted by atomic mass is 10.1. The predicted molar refractivity (Wildman–Crippen MR) is 48.1 cm³/mol. The lowest BCUT2D eigenvalue weighted by molar-refractivity contribution is -0.121. The summed E-state index contributed by atoms with van der Waals surface area (Å²) < 4.78 is 5.24. The molecule has 0 aromatic heterocycles. The first-order valence-corrected chi connectivity index (χ1v) is 4.25. The number of likely N-dealkylation sites (N-methyl/N-ethyl adjacent to an activating group) is 1. The highest BCUT2D eigenvalue weighted by Gasteiger charge is 2.45. The van der Waals surface area contributed by atoms with E-state index in [1.54, 1.807) is 7.05 Å². The van der Waals surface area contributed by atoms with Crippen LogP contribution >= 0.6 is 0 Å². The normalized spacial score (nSPS) is 25.3. The molecule has 0 radical (unpaired) electrons. The first-order valence-electron chi connectivity index (χ1n) is 4.25. The van der Waals surface area contributed by atoms with Gasteiger partial charge in [0.2, 0.25) is 0 Å². The molecule has 0 saturated carbocycles. The number of ether oxygens (including phenoxy) is 1. The van der Waals surface area contributed by atoms with E-state index in [0.29, 0.717) is 0 Å². The average molecular weight is 177 g/mol. The van der Waals surface area contributed by atoms with E-state index in [1.165, 1.54) is 0 Å². The Morgan fingerprint density at radius 3 is 2.69 bits per heavy atom. The van der Waals surface area contributed by atoms with Crippen molar-refractivity contribution in [1.29, 1.82) is 0 Å². The summed E-state index contributed by atoms with van der Waals surface area (Å²) in [6.45, 7) is 0. The number of benzene rings is 1. The van der Waals surface area contributed by atoms with E-state index in [4.69, 9.17) is 4.74 Å². The van der Waals surface area contributed by atoms with Crippen LogP contribution in [0, 0.1) is 0 Å². The molecule has 68 valence electrons. The molecule has 1 amide bonds. The molecule has 2 unspecified atom stereocenters. The van der Waals surface area contributed by atoms with Gasteiger partial charge in [-0.15, -0.1) is 0 Å². The zero-order chi connectivity index (χ0) is 9.26. The van der Waals surface area contributed by atoms with Crippen LogP contribution < -0.4 is 5.32 Å². The van der Waals surface area contributed by atoms with Gasteiger partial charge < -0.3 is 10.1 Å². The fourth-order valence-corrected chi connectivity index (χ4v) is 1.35. The van der Waals surface area contributed by atoms with Gasteiger partial charge in [0, 0.05) is 7.05 Å². The van der Waals surface area contributed by atoms with Gasteiger partial charge in [-0.2, -0.15) is 0 Å². The van der Waals surface area contributed by atoms with Gasteiger partial charge in [0.1, 0.15) is 6.10 Å². The largest absolute Gasteiger partial charge is 0.357 e. The minimum atomic E-state index is -0.285. The molecule has 0 spiro atoms. The molecule has 3 heteroatoms. The van der Waals surface area contributed by atoms with Crippen molar-refractivity contribution in [2.75, 3.05) is 7.05 Å². The molecule has 1 N–H and O–H groups in total. The van der Waals surface area contributed by atoms with Gasteiger partial charge >= 0.3 is 0 Å². The first-order chi connectivity index (χ1) is 6.33. The molecule has 1 aliphatic heterocycles. The Morgan fingerprint density at radius 2 is 2.08 bits per heavy atom. The molecule has 1 fully saturated rings. The van der Waals surface area contributed by atoms with E-state index < -0.39 is 0 Å². The number of carbonyl (C=O) groups excluding carboxylic acids is 1. The second-order valence-corrected chi connectivity index (χ2v) is 3.00. The number of nitrogens with one attached hydrogen (secondary N) is 1. The van der Waals surface area contributed by atoms with Crippen molar-refractivity contribution in [3.05, 3.63) is 35.9 Å². The smallest absolute Gasteiger partial charge is 0.252 e. The standard InChI is InChI=1S/C10H11NO2/c1-11-10(12)9-8(13-9)7-5-3-2-4-6-7/h2-6,8-9H,1H3,(H,11,12). The van der Waals surface area contributed by atoms with Crippen LogP contribution in [0.1, 0.15) is 11.7 Å². The summed E-state index contributed by atoms with van der Waals surface area (Å²) in [4.78, 5) is 11.1. The van der Waals surface area contributed by atoms with Crippen molar-refractivity contribution in [1.82, 2.24) is 5.32 Å². The predicted octanol–water partition coefficient (Wildman–Crippen LogP) is 0.872. The van der Waals surface area contributed by atoms with Crippen molar-refractivity contribution in [2.45, 2.75) is 12.2 Å². The molecule has 1 heterocycles. The van der Waals surface area contributed by atoms with Crippen LogP contribution in [-0.2, 0) is 9.53 Å². The van der Waals surface area contributed by atoms with E-state index in [2.05, 4.69) is 5.32 Å². The second kappa shape index (κ2) is 3.18. The van der Waals surface area contributed by atoms with E-state index >= 15 is 0 Å². The zero-order valence-corrected chi connectivity index (χ0v) is 7.36. The van der Waals surface area contributed by atoms with E-state index in [1.807, 2.05) is 30.3 Å². The minimum absolute atomic E-state index is 0.0406. The van der Waals surface area contributed by atoms with Crippen molar-refractivity contribution >= 4 is 5.91 Å². The molecule has 1 aromatic rings. The van der Waals surface area contributed by atoms with Gasteiger partial charge in [0.15, 0.2) is 6.10 Å². The molecule has 1 aliphatic rings. The van der Waals surface area contributed by atoms with Gasteiger partial charge in [-0.25, -0.2) is 0 Å². The molecule has 0 aliphatic carbocycles. The summed E-state index contributed by atoms with van der Waals surface area (Å²) in [7, 11) is 1.62. The van der Waals surface area contributed by atoms with Crippen LogP contribution in [0.3, 0.4) is 0 Å². The number of carbonyl (C=O) groups is 1. The number of rotatable bonds is 2. The van der Waals surface area contributed by atoms with Crippen molar-refractivity contribution in [3.8, 4) is 0 Å². The second-order valence-electron chi connectivity index (χ2n) is 3.00. The van der Waals surface area contributed by atoms with Gasteiger partial charge in [-0.1, -0.05) is 30.3 Å². The molecular weight excluding hydrogens is 166 g/mol. The Bertz CT molecular complexity index is 310. The van der Waals surface area contributed by atoms with Crippen LogP contribution in [-0.4, -0.2) is 19.1 Å². The van der Waals surface area contributed by atoms with Gasteiger partial charge in [-0.05, 0) is 5.56 Å². The highest BCUT2D eigenvalue weighted by molar-refractivity contribution is 5.83. The monoisotopic (exact) mass is 177 g/mol. The Hall–Kier alpha value is -1.35. The molecule has 1 aromatic carbocycles. The summed E-state index contributed by atoms with van der Waals surface area (Å²) in [5.74, 6) is -0.0474. The zero-order valence-electron chi connectivity index (χ0n) is 7.36. The van der Waals surface area contributed by atoms with E-state index in [9.17, 15) is 4.79 Å². The highest BCUT2D eigenvalue weighted by Crippen LogP contribution is 2.38. The van der Waals surface area contributed by atoms with Crippen LogP contribution in [0.15, 0.2) is 30.3 Å². The maximum absolute atomic E-state index is 11.1. The molecular formula is C10H11NO2. The number of hydrogen-bond donors (Lipinski definition) is 1. The van der Waals surface area contributed by atoms with Crippen molar-refractivity contribution in [2.24, 2.45) is 0 Å². The van der Waals surface area contributed by atoms with Gasteiger partial charge in [0.25, 0.3) is 5.91 Å². The van der Waals surface area contributed by atoms with E-state index in [-0.39, 0.29) is 18.1 Å². The minimum Gasteiger partial charge on any atom is -0.357 e. The fourth-order valence-electron chi connectivity index (χ4n) is 1.35. The van der Waals surface area contributed by atoms with Gasteiger partial charge in [0.05, 0.1) is 0 Å². The lowest BCUT2D eigenvalue weighted by Gasteiger charge is -1.94. The number of hydrogen-bond acceptors (Lipinski definition) is 2. The Balaban J connectivity index is 2.04. The Labute approximate surface area is 76.7 Å². The number of amides is 1. The summed E-state index contributed by atoms with van der Waals surface area (Å²) in [5, 5.41) is 2.56. The SMILES string of the molecule is CNC(=O)C1OC1c1ccccc1. The van der Waals surface area contributed by atoms with Crippen molar-refractivity contribution in [3.63, 3.8) is 0 Å². The fraction of sp³-hybridized carbons (Fsp3) is 0.300. The topological polar surface area (TPSA) is 41.6 Å². The van der Waals surface area contributed by atoms with Crippen LogP contribution in [0.5, 0.6) is 0 Å². The third kappa shape index (κ3) is 1.55. The van der Waals surface area contributed by atoms with Crippen LogP contribution in [0.25, 0.3) is 0 Å². The number of epoxide rings is 1. The average Bonchev–Trinajstić information content (AvgIpc) is 2.98. The van der Waals surface area contributed by atoms with Crippen LogP contribution in [0.2, 0.25) is 0 Å². The summed E-state index contributed by atoms with van der Waals surface area (Å²) in [6, 6.07) is 9.76. The van der Waals surface area contributed by atoms with Crippen molar-refractivity contribution < 1.29 is 9.53 Å². The molecule has 0 bridgehead atoms. The quantitative estimate of drug-likeness (QED) is 0.681. The summed E-state index contributed by atoms with van der Waals surface area (Å²) in [5.41, 5.74) is 1.07. The maximum atomic E-state index is 11.1. The Morgan fingerprint density at radius 1 is 1.38 bits per heavy atom. The van der Waals surface area contributed by atoms with E-state index in [0.717, 1.165) is 5.56 Å². The van der Waals surface area contributed by atoms with Crippen LogP contribution in [0.4, 0.5) is 0 Å². The molecule has 2 atom stereocenters. The Kier molecular flexibility index (Phi) is 2.02. The highest BCUT2D eigenvalue weighted by atomic mass is 16.6. The molecule has 13 heavy (non-hydrogen) atoms.